The van der Waals surface area contributed by atoms with Crippen LogP contribution in [0.4, 0.5) is 13.2 Å². The molecule has 2 rings (SSSR count). The Morgan fingerprint density at radius 3 is 2.74 bits per heavy atom. The molecule has 102 valence electrons. The Balaban J connectivity index is 1.97. The number of aromatic hydroxyl groups is 1. The number of phenols is 1. The van der Waals surface area contributed by atoms with E-state index in [0.717, 1.165) is 5.56 Å². The van der Waals surface area contributed by atoms with Crippen LogP contribution in [0.5, 0.6) is 5.75 Å². The SMILES string of the molecule is Oc1cccc(Cc2nc(CCC(F)(F)F)no2)c1. The fraction of sp³-hybridized carbons (Fsp3) is 0.333. The van der Waals surface area contributed by atoms with E-state index in [1.54, 1.807) is 12.1 Å². The molecular weight excluding hydrogens is 261 g/mol. The van der Waals surface area contributed by atoms with Crippen LogP contribution in [-0.4, -0.2) is 21.4 Å². The van der Waals surface area contributed by atoms with Crippen LogP contribution in [0.3, 0.4) is 0 Å². The molecule has 4 nitrogen and oxygen atoms in total. The zero-order valence-electron chi connectivity index (χ0n) is 9.81. The molecule has 0 bridgehead atoms. The molecule has 19 heavy (non-hydrogen) atoms. The predicted octanol–water partition coefficient (Wildman–Crippen LogP) is 2.86. The van der Waals surface area contributed by atoms with Crippen molar-refractivity contribution in [3.8, 4) is 5.75 Å². The molecule has 2 aromatic rings. The van der Waals surface area contributed by atoms with Gasteiger partial charge in [0.05, 0.1) is 12.8 Å². The monoisotopic (exact) mass is 272 g/mol. The first-order chi connectivity index (χ1) is 8.92. The summed E-state index contributed by atoms with van der Waals surface area (Å²) in [6.07, 6.45) is -5.23. The van der Waals surface area contributed by atoms with Gasteiger partial charge in [-0.15, -0.1) is 0 Å². The summed E-state index contributed by atoms with van der Waals surface area (Å²) in [5, 5.41) is 12.8. The lowest BCUT2D eigenvalue weighted by Crippen LogP contribution is -2.09. The highest BCUT2D eigenvalue weighted by atomic mass is 19.4. The molecule has 0 aliphatic rings. The number of hydrogen-bond donors (Lipinski definition) is 1. The van der Waals surface area contributed by atoms with Crippen molar-refractivity contribution in [1.82, 2.24) is 10.1 Å². The Morgan fingerprint density at radius 2 is 2.05 bits per heavy atom. The number of aromatic nitrogens is 2. The van der Waals surface area contributed by atoms with Crippen molar-refractivity contribution in [2.45, 2.75) is 25.4 Å². The molecule has 0 atom stereocenters. The van der Waals surface area contributed by atoms with E-state index in [1.165, 1.54) is 12.1 Å². The highest BCUT2D eigenvalue weighted by molar-refractivity contribution is 5.28. The van der Waals surface area contributed by atoms with Gasteiger partial charge < -0.3 is 9.63 Å². The second kappa shape index (κ2) is 5.29. The predicted molar refractivity (Wildman–Crippen MR) is 59.6 cm³/mol. The molecular formula is C12H11F3N2O2. The van der Waals surface area contributed by atoms with Crippen molar-refractivity contribution in [2.24, 2.45) is 0 Å². The number of rotatable bonds is 4. The van der Waals surface area contributed by atoms with Gasteiger partial charge in [0.1, 0.15) is 5.75 Å². The molecule has 0 aliphatic carbocycles. The molecule has 0 spiro atoms. The molecule has 1 aromatic carbocycles. The van der Waals surface area contributed by atoms with Crippen LogP contribution in [0, 0.1) is 0 Å². The van der Waals surface area contributed by atoms with E-state index in [4.69, 9.17) is 4.52 Å². The second-order valence-corrected chi connectivity index (χ2v) is 4.07. The number of nitrogens with zero attached hydrogens (tertiary/aromatic N) is 2. The highest BCUT2D eigenvalue weighted by Crippen LogP contribution is 2.21. The van der Waals surface area contributed by atoms with Crippen LogP contribution in [0.15, 0.2) is 28.8 Å². The van der Waals surface area contributed by atoms with Gasteiger partial charge in [0.15, 0.2) is 5.82 Å². The Labute approximate surface area is 106 Å². The van der Waals surface area contributed by atoms with Crippen LogP contribution < -0.4 is 0 Å². The van der Waals surface area contributed by atoms with Crippen molar-refractivity contribution in [3.63, 3.8) is 0 Å². The van der Waals surface area contributed by atoms with E-state index < -0.39 is 12.6 Å². The van der Waals surface area contributed by atoms with Gasteiger partial charge in [-0.2, -0.15) is 18.2 Å². The van der Waals surface area contributed by atoms with Gasteiger partial charge in [0, 0.05) is 6.42 Å². The molecule has 1 aromatic heterocycles. The van der Waals surface area contributed by atoms with Gasteiger partial charge in [0.25, 0.3) is 0 Å². The second-order valence-electron chi connectivity index (χ2n) is 4.07. The molecule has 0 saturated heterocycles. The minimum absolute atomic E-state index is 0.0347. The third-order valence-electron chi connectivity index (χ3n) is 2.41. The van der Waals surface area contributed by atoms with Gasteiger partial charge in [-0.25, -0.2) is 0 Å². The van der Waals surface area contributed by atoms with E-state index in [-0.39, 0.29) is 30.3 Å². The van der Waals surface area contributed by atoms with Crippen molar-refractivity contribution >= 4 is 0 Å². The zero-order valence-corrected chi connectivity index (χ0v) is 9.81. The largest absolute Gasteiger partial charge is 0.508 e. The summed E-state index contributed by atoms with van der Waals surface area (Å²) in [7, 11) is 0. The Kier molecular flexibility index (Phi) is 3.73. The fourth-order valence-corrected chi connectivity index (χ4v) is 1.56. The minimum atomic E-state index is -4.23. The van der Waals surface area contributed by atoms with Gasteiger partial charge >= 0.3 is 6.18 Å². The maximum atomic E-state index is 12.0. The van der Waals surface area contributed by atoms with Gasteiger partial charge in [-0.05, 0) is 17.7 Å². The Hall–Kier alpha value is -2.05. The van der Waals surface area contributed by atoms with Crippen molar-refractivity contribution in [2.75, 3.05) is 0 Å². The maximum Gasteiger partial charge on any atom is 0.389 e. The highest BCUT2D eigenvalue weighted by Gasteiger charge is 2.27. The molecule has 0 unspecified atom stereocenters. The number of halogens is 3. The molecule has 1 N–H and O–H groups in total. The van der Waals surface area contributed by atoms with Gasteiger partial charge in [-0.3, -0.25) is 0 Å². The molecule has 7 heteroatoms. The summed E-state index contributed by atoms with van der Waals surface area (Å²) >= 11 is 0. The van der Waals surface area contributed by atoms with Crippen molar-refractivity contribution < 1.29 is 22.8 Å². The van der Waals surface area contributed by atoms with Crippen LogP contribution >= 0.6 is 0 Å². The van der Waals surface area contributed by atoms with Crippen LogP contribution in [-0.2, 0) is 12.8 Å². The topological polar surface area (TPSA) is 59.2 Å². The van der Waals surface area contributed by atoms with Crippen molar-refractivity contribution in [1.29, 1.82) is 0 Å². The normalized spacial score (nSPS) is 11.7. The third kappa shape index (κ3) is 4.27. The molecule has 0 amide bonds. The summed E-state index contributed by atoms with van der Waals surface area (Å²) in [6, 6.07) is 6.45. The summed E-state index contributed by atoms with van der Waals surface area (Å²) < 4.78 is 40.9. The van der Waals surface area contributed by atoms with E-state index in [1.807, 2.05) is 0 Å². The molecule has 0 aliphatic heterocycles. The number of hydrogen-bond acceptors (Lipinski definition) is 4. The lowest BCUT2D eigenvalue weighted by molar-refractivity contribution is -0.134. The third-order valence-corrected chi connectivity index (χ3v) is 2.41. The van der Waals surface area contributed by atoms with Crippen LogP contribution in [0.1, 0.15) is 23.7 Å². The Morgan fingerprint density at radius 1 is 1.26 bits per heavy atom. The maximum absolute atomic E-state index is 12.0. The smallest absolute Gasteiger partial charge is 0.389 e. The lowest BCUT2D eigenvalue weighted by atomic mass is 10.1. The summed E-state index contributed by atoms with van der Waals surface area (Å²) in [5.74, 6) is 0.365. The van der Waals surface area contributed by atoms with Crippen LogP contribution in [0.2, 0.25) is 0 Å². The number of phenolic OH excluding ortho intramolecular Hbond substituents is 1. The quantitative estimate of drug-likeness (QED) is 0.929. The minimum Gasteiger partial charge on any atom is -0.508 e. The van der Waals surface area contributed by atoms with E-state index in [2.05, 4.69) is 10.1 Å². The lowest BCUT2D eigenvalue weighted by Gasteiger charge is -2.01. The zero-order chi connectivity index (χ0) is 13.9. The summed E-state index contributed by atoms with van der Waals surface area (Å²) in [5.41, 5.74) is 0.742. The van der Waals surface area contributed by atoms with Crippen LogP contribution in [0.25, 0.3) is 0 Å². The molecule has 0 fully saturated rings. The standard InChI is InChI=1S/C12H11F3N2O2/c13-12(14,15)5-4-10-16-11(19-17-10)7-8-2-1-3-9(18)6-8/h1-3,6,18H,4-5,7H2. The number of aryl methyl sites for hydroxylation is 1. The van der Waals surface area contributed by atoms with E-state index in [0.29, 0.717) is 0 Å². The summed E-state index contributed by atoms with van der Waals surface area (Å²) in [4.78, 5) is 3.88. The first kappa shape index (κ1) is 13.4. The molecule has 1 heterocycles. The van der Waals surface area contributed by atoms with E-state index >= 15 is 0 Å². The number of benzene rings is 1. The number of alkyl halides is 3. The molecule has 0 radical (unpaired) electrons. The van der Waals surface area contributed by atoms with Crippen molar-refractivity contribution in [3.05, 3.63) is 41.5 Å². The average Bonchev–Trinajstić information content (AvgIpc) is 2.73. The van der Waals surface area contributed by atoms with Gasteiger partial charge in [-0.1, -0.05) is 17.3 Å². The first-order valence-electron chi connectivity index (χ1n) is 5.58. The first-order valence-corrected chi connectivity index (χ1v) is 5.58. The Bertz CT molecular complexity index is 552. The fourth-order valence-electron chi connectivity index (χ4n) is 1.56. The van der Waals surface area contributed by atoms with E-state index in [9.17, 15) is 18.3 Å². The summed E-state index contributed by atoms with van der Waals surface area (Å²) in [6.45, 7) is 0. The van der Waals surface area contributed by atoms with Gasteiger partial charge in [0.2, 0.25) is 5.89 Å². The average molecular weight is 272 g/mol. The molecule has 0 saturated carbocycles.